The highest BCUT2D eigenvalue weighted by Crippen LogP contribution is 2.06. The first kappa shape index (κ1) is 12.2. The van der Waals surface area contributed by atoms with Gasteiger partial charge in [-0.05, 0) is 23.8 Å². The Balaban J connectivity index is 2.24. The second-order valence-electron chi connectivity index (χ2n) is 3.87. The molecule has 0 aliphatic carbocycles. The minimum absolute atomic E-state index is 0.0628. The maximum atomic E-state index is 11.5. The van der Waals surface area contributed by atoms with Crippen LogP contribution in [-0.4, -0.2) is 23.7 Å². The summed E-state index contributed by atoms with van der Waals surface area (Å²) in [6.07, 6.45) is 0.265. The van der Waals surface area contributed by atoms with Gasteiger partial charge in [-0.3, -0.25) is 4.79 Å². The summed E-state index contributed by atoms with van der Waals surface area (Å²) in [7, 11) is 0. The van der Waals surface area contributed by atoms with Gasteiger partial charge in [0.2, 0.25) is 0 Å². The van der Waals surface area contributed by atoms with Crippen molar-refractivity contribution < 1.29 is 9.90 Å². The minimum Gasteiger partial charge on any atom is -0.393 e. The van der Waals surface area contributed by atoms with E-state index in [2.05, 4.69) is 5.32 Å². The van der Waals surface area contributed by atoms with Gasteiger partial charge in [0.25, 0.3) is 5.91 Å². The first-order chi connectivity index (χ1) is 7.11. The smallest absolute Gasteiger partial charge is 0.252 e. The van der Waals surface area contributed by atoms with Crippen molar-refractivity contribution in [2.75, 3.05) is 6.54 Å². The van der Waals surface area contributed by atoms with E-state index in [0.717, 1.165) is 0 Å². The number of carbonyl (C=O) groups is 1. The molecule has 0 aromatic carbocycles. The SMILES string of the molecule is CC(C)C(O)CCNC(=O)c1ccsc1. The first-order valence-electron chi connectivity index (χ1n) is 5.09. The van der Waals surface area contributed by atoms with Crippen LogP contribution in [0.4, 0.5) is 0 Å². The number of hydrogen-bond acceptors (Lipinski definition) is 3. The lowest BCUT2D eigenvalue weighted by atomic mass is 10.0. The Morgan fingerprint density at radius 3 is 2.87 bits per heavy atom. The molecule has 15 heavy (non-hydrogen) atoms. The van der Waals surface area contributed by atoms with Crippen LogP contribution in [0.1, 0.15) is 30.6 Å². The van der Waals surface area contributed by atoms with Crippen molar-refractivity contribution in [3.8, 4) is 0 Å². The molecule has 4 heteroatoms. The summed E-state index contributed by atoms with van der Waals surface area (Å²) in [4.78, 5) is 11.5. The lowest BCUT2D eigenvalue weighted by Crippen LogP contribution is -2.28. The second-order valence-corrected chi connectivity index (χ2v) is 4.65. The molecule has 0 spiro atoms. The molecule has 1 atom stereocenters. The standard InChI is InChI=1S/C11H17NO2S/c1-8(2)10(13)3-5-12-11(14)9-4-6-15-7-9/h4,6-8,10,13H,3,5H2,1-2H3,(H,12,14). The molecule has 0 saturated heterocycles. The van der Waals surface area contributed by atoms with Gasteiger partial charge in [0.05, 0.1) is 6.10 Å². The first-order valence-corrected chi connectivity index (χ1v) is 6.04. The van der Waals surface area contributed by atoms with E-state index in [-0.39, 0.29) is 17.9 Å². The van der Waals surface area contributed by atoms with E-state index in [1.807, 2.05) is 24.6 Å². The van der Waals surface area contributed by atoms with Crippen molar-refractivity contribution in [2.45, 2.75) is 26.4 Å². The Labute approximate surface area is 94.1 Å². The van der Waals surface area contributed by atoms with Gasteiger partial charge in [-0.2, -0.15) is 11.3 Å². The summed E-state index contributed by atoms with van der Waals surface area (Å²) < 4.78 is 0. The van der Waals surface area contributed by atoms with Gasteiger partial charge in [0.1, 0.15) is 0 Å². The van der Waals surface area contributed by atoms with Crippen LogP contribution in [0.5, 0.6) is 0 Å². The zero-order valence-electron chi connectivity index (χ0n) is 9.06. The Hall–Kier alpha value is -0.870. The van der Waals surface area contributed by atoms with Crippen LogP contribution in [0.15, 0.2) is 16.8 Å². The predicted molar refractivity (Wildman–Crippen MR) is 62.1 cm³/mol. The fraction of sp³-hybridized carbons (Fsp3) is 0.545. The highest BCUT2D eigenvalue weighted by molar-refractivity contribution is 7.08. The van der Waals surface area contributed by atoms with Crippen LogP contribution >= 0.6 is 11.3 Å². The van der Waals surface area contributed by atoms with Gasteiger partial charge < -0.3 is 10.4 Å². The molecule has 2 N–H and O–H groups in total. The zero-order chi connectivity index (χ0) is 11.3. The van der Waals surface area contributed by atoms with Crippen LogP contribution in [0.25, 0.3) is 0 Å². The van der Waals surface area contributed by atoms with Gasteiger partial charge in [0.15, 0.2) is 0 Å². The van der Waals surface area contributed by atoms with E-state index in [1.165, 1.54) is 11.3 Å². The largest absolute Gasteiger partial charge is 0.393 e. The summed E-state index contributed by atoms with van der Waals surface area (Å²) in [5.41, 5.74) is 0.694. The molecule has 0 fully saturated rings. The van der Waals surface area contributed by atoms with Gasteiger partial charge in [0, 0.05) is 17.5 Å². The Kier molecular flexibility index (Phi) is 4.78. The molecule has 1 aromatic rings. The van der Waals surface area contributed by atoms with Crippen LogP contribution in [-0.2, 0) is 0 Å². The molecule has 0 aliphatic heterocycles. The average Bonchev–Trinajstić information content (AvgIpc) is 2.70. The molecule has 1 heterocycles. The molecule has 1 amide bonds. The van der Waals surface area contributed by atoms with Crippen molar-refractivity contribution in [2.24, 2.45) is 5.92 Å². The lowest BCUT2D eigenvalue weighted by Gasteiger charge is -2.14. The van der Waals surface area contributed by atoms with E-state index in [9.17, 15) is 9.90 Å². The van der Waals surface area contributed by atoms with Gasteiger partial charge in [-0.25, -0.2) is 0 Å². The zero-order valence-corrected chi connectivity index (χ0v) is 9.88. The fourth-order valence-electron chi connectivity index (χ4n) is 1.16. The highest BCUT2D eigenvalue weighted by Gasteiger charge is 2.10. The van der Waals surface area contributed by atoms with Gasteiger partial charge in [-0.15, -0.1) is 0 Å². The highest BCUT2D eigenvalue weighted by atomic mass is 32.1. The Morgan fingerprint density at radius 2 is 2.33 bits per heavy atom. The minimum atomic E-state index is -0.340. The summed E-state index contributed by atoms with van der Waals surface area (Å²) in [5.74, 6) is 0.176. The monoisotopic (exact) mass is 227 g/mol. The third kappa shape index (κ3) is 4.01. The van der Waals surface area contributed by atoms with Crippen LogP contribution in [0.3, 0.4) is 0 Å². The second kappa shape index (κ2) is 5.88. The summed E-state index contributed by atoms with van der Waals surface area (Å²) in [6, 6.07) is 1.79. The maximum absolute atomic E-state index is 11.5. The number of thiophene rings is 1. The van der Waals surface area contributed by atoms with Crippen molar-refractivity contribution in [1.82, 2.24) is 5.32 Å². The number of rotatable bonds is 5. The number of carbonyl (C=O) groups excluding carboxylic acids is 1. The fourth-order valence-corrected chi connectivity index (χ4v) is 1.80. The summed E-state index contributed by atoms with van der Waals surface area (Å²) >= 11 is 1.50. The van der Waals surface area contributed by atoms with E-state index in [1.54, 1.807) is 6.07 Å². The molecule has 0 aliphatic rings. The lowest BCUT2D eigenvalue weighted by molar-refractivity contribution is 0.0920. The topological polar surface area (TPSA) is 49.3 Å². The van der Waals surface area contributed by atoms with Crippen molar-refractivity contribution in [3.63, 3.8) is 0 Å². The number of nitrogens with one attached hydrogen (secondary N) is 1. The van der Waals surface area contributed by atoms with E-state index < -0.39 is 0 Å². The number of hydrogen-bond donors (Lipinski definition) is 2. The third-order valence-electron chi connectivity index (χ3n) is 2.28. The van der Waals surface area contributed by atoms with Crippen molar-refractivity contribution in [3.05, 3.63) is 22.4 Å². The molecule has 1 aromatic heterocycles. The van der Waals surface area contributed by atoms with Crippen LogP contribution in [0.2, 0.25) is 0 Å². The number of aliphatic hydroxyl groups is 1. The average molecular weight is 227 g/mol. The maximum Gasteiger partial charge on any atom is 0.252 e. The van der Waals surface area contributed by atoms with Gasteiger partial charge >= 0.3 is 0 Å². The van der Waals surface area contributed by atoms with Crippen molar-refractivity contribution >= 4 is 17.2 Å². The van der Waals surface area contributed by atoms with Crippen LogP contribution < -0.4 is 5.32 Å². The quantitative estimate of drug-likeness (QED) is 0.807. The summed E-state index contributed by atoms with van der Waals surface area (Å²) in [5, 5.41) is 16.0. The predicted octanol–water partition coefficient (Wildman–Crippen LogP) is 1.88. The molecule has 1 rings (SSSR count). The molecule has 84 valence electrons. The molecular formula is C11H17NO2S. The summed E-state index contributed by atoms with van der Waals surface area (Å²) in [6.45, 7) is 4.45. The van der Waals surface area contributed by atoms with E-state index in [4.69, 9.17) is 0 Å². The Bertz CT molecular complexity index is 296. The molecule has 0 bridgehead atoms. The number of aliphatic hydroxyl groups excluding tert-OH is 1. The van der Waals surface area contributed by atoms with Gasteiger partial charge in [-0.1, -0.05) is 13.8 Å². The molecule has 3 nitrogen and oxygen atoms in total. The normalized spacial score (nSPS) is 12.8. The molecule has 0 radical (unpaired) electrons. The third-order valence-corrected chi connectivity index (χ3v) is 2.96. The van der Waals surface area contributed by atoms with Crippen LogP contribution in [0, 0.1) is 5.92 Å². The molecule has 1 unspecified atom stereocenters. The number of amides is 1. The van der Waals surface area contributed by atoms with Crippen molar-refractivity contribution in [1.29, 1.82) is 0 Å². The molecule has 0 saturated carbocycles. The Morgan fingerprint density at radius 1 is 1.60 bits per heavy atom. The van der Waals surface area contributed by atoms with E-state index >= 15 is 0 Å². The molecular weight excluding hydrogens is 210 g/mol. The van der Waals surface area contributed by atoms with E-state index in [0.29, 0.717) is 18.5 Å².